The molecule has 2 amide bonds. The summed E-state index contributed by atoms with van der Waals surface area (Å²) in [5, 5.41) is 7.25. The van der Waals surface area contributed by atoms with Crippen molar-refractivity contribution in [3.8, 4) is 0 Å². The lowest BCUT2D eigenvalue weighted by Gasteiger charge is -2.36. The quantitative estimate of drug-likeness (QED) is 0.915. The first-order valence-corrected chi connectivity index (χ1v) is 7.91. The van der Waals surface area contributed by atoms with Gasteiger partial charge in [-0.05, 0) is 31.5 Å². The second-order valence-corrected chi connectivity index (χ2v) is 6.09. The Hall–Kier alpha value is -2.21. The Kier molecular flexibility index (Phi) is 4.43. The van der Waals surface area contributed by atoms with Crippen molar-refractivity contribution in [2.75, 3.05) is 36.4 Å². The van der Waals surface area contributed by atoms with E-state index in [1.165, 1.54) is 5.56 Å². The van der Waals surface area contributed by atoms with Crippen molar-refractivity contribution in [3.05, 3.63) is 40.6 Å². The van der Waals surface area contributed by atoms with Crippen LogP contribution in [0, 0.1) is 13.8 Å². The molecule has 3 rings (SSSR count). The van der Waals surface area contributed by atoms with Crippen LogP contribution in [0.5, 0.6) is 0 Å². The van der Waals surface area contributed by atoms with Gasteiger partial charge in [0.25, 0.3) is 0 Å². The van der Waals surface area contributed by atoms with Crippen LogP contribution in [0.4, 0.5) is 16.3 Å². The van der Waals surface area contributed by atoms with Crippen molar-refractivity contribution in [1.29, 1.82) is 0 Å². The SMILES string of the molecule is Cc1cc(NC(=O)N2CCN(c3cc(Cl)ccc3C)CC2)no1. The molecule has 1 fully saturated rings. The minimum absolute atomic E-state index is 0.152. The molecule has 1 aliphatic rings. The van der Waals surface area contributed by atoms with Gasteiger partial charge < -0.3 is 14.3 Å². The van der Waals surface area contributed by atoms with Crippen molar-refractivity contribution in [1.82, 2.24) is 10.1 Å². The number of nitrogens with zero attached hydrogens (tertiary/aromatic N) is 3. The van der Waals surface area contributed by atoms with Crippen molar-refractivity contribution < 1.29 is 9.32 Å². The molecule has 23 heavy (non-hydrogen) atoms. The van der Waals surface area contributed by atoms with E-state index in [0.717, 1.165) is 23.8 Å². The number of benzene rings is 1. The van der Waals surface area contributed by atoms with Gasteiger partial charge in [-0.3, -0.25) is 5.32 Å². The Morgan fingerprint density at radius 1 is 1.22 bits per heavy atom. The zero-order valence-corrected chi connectivity index (χ0v) is 13.9. The Morgan fingerprint density at radius 3 is 2.61 bits per heavy atom. The van der Waals surface area contributed by atoms with Gasteiger partial charge in [-0.1, -0.05) is 22.8 Å². The van der Waals surface area contributed by atoms with Crippen LogP contribution >= 0.6 is 11.6 Å². The molecule has 1 aromatic heterocycles. The first-order valence-electron chi connectivity index (χ1n) is 7.53. The Bertz CT molecular complexity index is 708. The molecule has 0 radical (unpaired) electrons. The molecule has 7 heteroatoms. The molecular weight excluding hydrogens is 316 g/mol. The Balaban J connectivity index is 1.59. The standard InChI is InChI=1S/C16H19ClN4O2/c1-11-3-4-13(17)10-14(11)20-5-7-21(8-6-20)16(22)18-15-9-12(2)23-19-15/h3-4,9-10H,5-8H2,1-2H3,(H,18,19,22). The molecule has 6 nitrogen and oxygen atoms in total. The van der Waals surface area contributed by atoms with Gasteiger partial charge in [0.15, 0.2) is 5.82 Å². The number of hydrogen-bond donors (Lipinski definition) is 1. The molecule has 0 aliphatic carbocycles. The maximum Gasteiger partial charge on any atom is 0.323 e. The van der Waals surface area contributed by atoms with E-state index in [1.807, 2.05) is 18.2 Å². The van der Waals surface area contributed by atoms with Crippen molar-refractivity contribution in [2.24, 2.45) is 0 Å². The van der Waals surface area contributed by atoms with E-state index in [-0.39, 0.29) is 6.03 Å². The fourth-order valence-corrected chi connectivity index (χ4v) is 2.85. The van der Waals surface area contributed by atoms with Crippen LogP contribution in [-0.4, -0.2) is 42.3 Å². The molecule has 0 unspecified atom stereocenters. The van der Waals surface area contributed by atoms with E-state index in [9.17, 15) is 4.79 Å². The average molecular weight is 335 g/mol. The van der Waals surface area contributed by atoms with Gasteiger partial charge >= 0.3 is 6.03 Å². The number of urea groups is 1. The van der Waals surface area contributed by atoms with Crippen LogP contribution in [0.3, 0.4) is 0 Å². The van der Waals surface area contributed by atoms with Crippen molar-refractivity contribution in [3.63, 3.8) is 0 Å². The van der Waals surface area contributed by atoms with Crippen LogP contribution in [0.25, 0.3) is 0 Å². The van der Waals surface area contributed by atoms with Gasteiger partial charge in [0.05, 0.1) is 0 Å². The lowest BCUT2D eigenvalue weighted by Crippen LogP contribution is -2.50. The van der Waals surface area contributed by atoms with Gasteiger partial charge in [-0.25, -0.2) is 4.79 Å². The Labute approximate surface area is 140 Å². The summed E-state index contributed by atoms with van der Waals surface area (Å²) in [7, 11) is 0. The maximum absolute atomic E-state index is 12.2. The number of anilines is 2. The van der Waals surface area contributed by atoms with Gasteiger partial charge in [-0.15, -0.1) is 0 Å². The van der Waals surface area contributed by atoms with Gasteiger partial charge in [0.2, 0.25) is 0 Å². The number of carbonyl (C=O) groups is 1. The number of rotatable bonds is 2. The van der Waals surface area contributed by atoms with Crippen molar-refractivity contribution in [2.45, 2.75) is 13.8 Å². The van der Waals surface area contributed by atoms with E-state index in [1.54, 1.807) is 17.9 Å². The smallest absolute Gasteiger partial charge is 0.323 e. The number of nitrogens with one attached hydrogen (secondary N) is 1. The molecule has 0 atom stereocenters. The minimum atomic E-state index is -0.152. The summed E-state index contributed by atoms with van der Waals surface area (Å²) >= 11 is 6.09. The highest BCUT2D eigenvalue weighted by atomic mass is 35.5. The van der Waals surface area contributed by atoms with Crippen LogP contribution in [-0.2, 0) is 0 Å². The monoisotopic (exact) mass is 334 g/mol. The third-order valence-corrected chi connectivity index (χ3v) is 4.18. The number of aryl methyl sites for hydroxylation is 2. The highest BCUT2D eigenvalue weighted by Crippen LogP contribution is 2.25. The summed E-state index contributed by atoms with van der Waals surface area (Å²) in [6.07, 6.45) is 0. The number of hydrogen-bond acceptors (Lipinski definition) is 4. The van der Waals surface area contributed by atoms with Crippen LogP contribution in [0.15, 0.2) is 28.8 Å². The predicted molar refractivity (Wildman–Crippen MR) is 90.2 cm³/mol. The normalized spacial score (nSPS) is 14.9. The number of halogens is 1. The van der Waals surface area contributed by atoms with Crippen LogP contribution < -0.4 is 10.2 Å². The molecule has 0 bridgehead atoms. The minimum Gasteiger partial charge on any atom is -0.368 e. The molecular formula is C16H19ClN4O2. The summed E-state index contributed by atoms with van der Waals surface area (Å²) in [4.78, 5) is 16.3. The first-order chi connectivity index (χ1) is 11.0. The maximum atomic E-state index is 12.2. The number of amides is 2. The molecule has 0 spiro atoms. The molecule has 0 saturated carbocycles. The summed E-state index contributed by atoms with van der Waals surface area (Å²) in [6, 6.07) is 7.43. The number of aromatic nitrogens is 1. The first kappa shape index (κ1) is 15.7. The summed E-state index contributed by atoms with van der Waals surface area (Å²) < 4.78 is 4.95. The zero-order chi connectivity index (χ0) is 16.4. The van der Waals surface area contributed by atoms with E-state index in [0.29, 0.717) is 24.7 Å². The Morgan fingerprint density at radius 2 is 1.96 bits per heavy atom. The van der Waals surface area contributed by atoms with Crippen LogP contribution in [0.2, 0.25) is 5.02 Å². The topological polar surface area (TPSA) is 61.6 Å². The second kappa shape index (κ2) is 6.50. The highest BCUT2D eigenvalue weighted by molar-refractivity contribution is 6.30. The van der Waals surface area contributed by atoms with E-state index in [4.69, 9.17) is 16.1 Å². The fraction of sp³-hybridized carbons (Fsp3) is 0.375. The highest BCUT2D eigenvalue weighted by Gasteiger charge is 2.22. The summed E-state index contributed by atoms with van der Waals surface area (Å²) in [5.41, 5.74) is 2.31. The molecule has 2 aromatic rings. The number of carbonyl (C=O) groups excluding carboxylic acids is 1. The lowest BCUT2D eigenvalue weighted by atomic mass is 10.1. The summed E-state index contributed by atoms with van der Waals surface area (Å²) in [5.74, 6) is 1.11. The third-order valence-electron chi connectivity index (χ3n) is 3.94. The van der Waals surface area contributed by atoms with E-state index < -0.39 is 0 Å². The van der Waals surface area contributed by atoms with Gasteiger partial charge in [-0.2, -0.15) is 0 Å². The van der Waals surface area contributed by atoms with E-state index >= 15 is 0 Å². The molecule has 1 aromatic carbocycles. The second-order valence-electron chi connectivity index (χ2n) is 5.66. The fourth-order valence-electron chi connectivity index (χ4n) is 2.69. The molecule has 2 heterocycles. The zero-order valence-electron chi connectivity index (χ0n) is 13.2. The van der Waals surface area contributed by atoms with Crippen LogP contribution in [0.1, 0.15) is 11.3 Å². The predicted octanol–water partition coefficient (Wildman–Crippen LogP) is 3.30. The lowest BCUT2D eigenvalue weighted by molar-refractivity contribution is 0.208. The molecule has 122 valence electrons. The molecule has 1 aliphatic heterocycles. The largest absolute Gasteiger partial charge is 0.368 e. The average Bonchev–Trinajstić information content (AvgIpc) is 2.95. The summed E-state index contributed by atoms with van der Waals surface area (Å²) in [6.45, 7) is 6.69. The van der Waals surface area contributed by atoms with Gasteiger partial charge in [0.1, 0.15) is 5.76 Å². The number of piperazine rings is 1. The third kappa shape index (κ3) is 3.59. The molecule has 1 N–H and O–H groups in total. The molecule has 1 saturated heterocycles. The van der Waals surface area contributed by atoms with E-state index in [2.05, 4.69) is 22.3 Å². The van der Waals surface area contributed by atoms with Crippen molar-refractivity contribution >= 4 is 29.1 Å². The van der Waals surface area contributed by atoms with Gasteiger partial charge in [0, 0.05) is 43.0 Å².